The molecule has 0 saturated carbocycles. The van der Waals surface area contributed by atoms with Crippen LogP contribution in [0.15, 0.2) is 18.2 Å². The number of piperidine rings is 1. The minimum atomic E-state index is -4.63. The van der Waals surface area contributed by atoms with Crippen molar-refractivity contribution in [2.45, 2.75) is 31.5 Å². The van der Waals surface area contributed by atoms with Gasteiger partial charge in [-0.2, -0.15) is 18.4 Å². The molecule has 0 radical (unpaired) electrons. The van der Waals surface area contributed by atoms with Gasteiger partial charge in [0.05, 0.1) is 28.9 Å². The maximum absolute atomic E-state index is 13.0. The van der Waals surface area contributed by atoms with Gasteiger partial charge in [0.15, 0.2) is 0 Å². The van der Waals surface area contributed by atoms with E-state index >= 15 is 0 Å². The lowest BCUT2D eigenvalue weighted by atomic mass is 10.0. The van der Waals surface area contributed by atoms with Crippen LogP contribution in [-0.2, 0) is 11.0 Å². The third-order valence-electron chi connectivity index (χ3n) is 3.34. The van der Waals surface area contributed by atoms with Gasteiger partial charge in [0.2, 0.25) is 5.91 Å². The second-order valence-corrected chi connectivity index (χ2v) is 4.86. The number of hydrogen-bond acceptors (Lipinski definition) is 3. The molecule has 0 unspecified atom stereocenters. The van der Waals surface area contributed by atoms with Crippen molar-refractivity contribution in [2.24, 2.45) is 0 Å². The first-order valence-corrected chi connectivity index (χ1v) is 6.57. The summed E-state index contributed by atoms with van der Waals surface area (Å²) in [4.78, 5) is 12.0. The maximum atomic E-state index is 13.0. The number of nitrogens with zero attached hydrogens (tertiary/aromatic N) is 1. The first kappa shape index (κ1) is 15.3. The van der Waals surface area contributed by atoms with Crippen molar-refractivity contribution in [1.82, 2.24) is 5.32 Å². The van der Waals surface area contributed by atoms with Crippen molar-refractivity contribution >= 4 is 11.6 Å². The molecule has 1 atom stereocenters. The number of anilines is 1. The van der Waals surface area contributed by atoms with Crippen molar-refractivity contribution in [3.8, 4) is 6.07 Å². The molecule has 0 bridgehead atoms. The number of halogens is 3. The Labute approximate surface area is 119 Å². The average molecular weight is 297 g/mol. The zero-order valence-electron chi connectivity index (χ0n) is 11.1. The summed E-state index contributed by atoms with van der Waals surface area (Å²) >= 11 is 0. The number of amides is 1. The van der Waals surface area contributed by atoms with Gasteiger partial charge in [-0.05, 0) is 37.6 Å². The Kier molecular flexibility index (Phi) is 4.48. The van der Waals surface area contributed by atoms with E-state index in [1.165, 1.54) is 6.07 Å². The Morgan fingerprint density at radius 1 is 1.38 bits per heavy atom. The number of hydrogen-bond donors (Lipinski definition) is 2. The van der Waals surface area contributed by atoms with E-state index in [1.807, 2.05) is 0 Å². The molecule has 1 heterocycles. The van der Waals surface area contributed by atoms with Crippen molar-refractivity contribution in [2.75, 3.05) is 11.9 Å². The lowest BCUT2D eigenvalue weighted by Gasteiger charge is -2.23. The summed E-state index contributed by atoms with van der Waals surface area (Å²) < 4.78 is 38.9. The molecule has 112 valence electrons. The maximum Gasteiger partial charge on any atom is 0.418 e. The molecule has 4 nitrogen and oxygen atoms in total. The second-order valence-electron chi connectivity index (χ2n) is 4.86. The lowest BCUT2D eigenvalue weighted by Crippen LogP contribution is -2.43. The zero-order chi connectivity index (χ0) is 15.5. The summed E-state index contributed by atoms with van der Waals surface area (Å²) in [6.07, 6.45) is -2.21. The number of carbonyl (C=O) groups excluding carboxylic acids is 1. The van der Waals surface area contributed by atoms with E-state index in [0.29, 0.717) is 13.0 Å². The molecule has 7 heteroatoms. The SMILES string of the molecule is N#Cc1ccc(NC(=O)[C@@H]2CCCCN2)c(C(F)(F)F)c1. The molecule has 1 aromatic rings. The van der Waals surface area contributed by atoms with E-state index in [4.69, 9.17) is 5.26 Å². The second kappa shape index (κ2) is 6.14. The summed E-state index contributed by atoms with van der Waals surface area (Å²) in [6, 6.07) is 4.28. The number of nitrogens with one attached hydrogen (secondary N) is 2. The molecule has 2 rings (SSSR count). The van der Waals surface area contributed by atoms with E-state index in [0.717, 1.165) is 25.0 Å². The summed E-state index contributed by atoms with van der Waals surface area (Å²) in [7, 11) is 0. The molecule has 1 aliphatic heterocycles. The molecule has 0 aliphatic carbocycles. The van der Waals surface area contributed by atoms with Crippen molar-refractivity contribution in [1.29, 1.82) is 5.26 Å². The Balaban J connectivity index is 2.23. The first-order valence-electron chi connectivity index (χ1n) is 6.57. The molecule has 21 heavy (non-hydrogen) atoms. The predicted molar refractivity (Wildman–Crippen MR) is 70.4 cm³/mol. The minimum absolute atomic E-state index is 0.101. The highest BCUT2D eigenvalue weighted by Crippen LogP contribution is 2.35. The van der Waals surface area contributed by atoms with Gasteiger partial charge in [0, 0.05) is 0 Å². The molecule has 1 saturated heterocycles. The third kappa shape index (κ3) is 3.73. The minimum Gasteiger partial charge on any atom is -0.324 e. The van der Waals surface area contributed by atoms with Crippen LogP contribution in [0, 0.1) is 11.3 Å². The van der Waals surface area contributed by atoms with Crippen LogP contribution in [0.4, 0.5) is 18.9 Å². The topological polar surface area (TPSA) is 64.9 Å². The van der Waals surface area contributed by atoms with Crippen LogP contribution in [0.3, 0.4) is 0 Å². The highest BCUT2D eigenvalue weighted by atomic mass is 19.4. The van der Waals surface area contributed by atoms with Gasteiger partial charge in [-0.15, -0.1) is 0 Å². The summed E-state index contributed by atoms with van der Waals surface area (Å²) in [5, 5.41) is 14.0. The van der Waals surface area contributed by atoms with Crippen molar-refractivity contribution in [3.05, 3.63) is 29.3 Å². The van der Waals surface area contributed by atoms with E-state index in [9.17, 15) is 18.0 Å². The van der Waals surface area contributed by atoms with Crippen molar-refractivity contribution in [3.63, 3.8) is 0 Å². The molecule has 1 fully saturated rings. The van der Waals surface area contributed by atoms with Gasteiger partial charge in [-0.3, -0.25) is 4.79 Å². The van der Waals surface area contributed by atoms with Crippen LogP contribution < -0.4 is 10.6 Å². The Bertz CT molecular complexity index is 572. The molecule has 1 aromatic carbocycles. The number of nitriles is 1. The quantitative estimate of drug-likeness (QED) is 0.882. The van der Waals surface area contributed by atoms with E-state index < -0.39 is 23.7 Å². The number of carbonyl (C=O) groups is 1. The highest BCUT2D eigenvalue weighted by molar-refractivity contribution is 5.95. The van der Waals surface area contributed by atoms with Crippen molar-refractivity contribution < 1.29 is 18.0 Å². The zero-order valence-corrected chi connectivity index (χ0v) is 11.1. The summed E-state index contributed by atoms with van der Waals surface area (Å²) in [6.45, 7) is 0.678. The fourth-order valence-corrected chi connectivity index (χ4v) is 2.25. The Hall–Kier alpha value is -2.07. The smallest absolute Gasteiger partial charge is 0.324 e. The van der Waals surface area contributed by atoms with Crippen LogP contribution in [0.1, 0.15) is 30.4 Å². The van der Waals surface area contributed by atoms with E-state index in [-0.39, 0.29) is 11.3 Å². The van der Waals surface area contributed by atoms with Crippen LogP contribution in [0.5, 0.6) is 0 Å². The van der Waals surface area contributed by atoms with Gasteiger partial charge in [-0.1, -0.05) is 6.42 Å². The standard InChI is InChI=1S/C14H14F3N3O/c15-14(16,17)10-7-9(8-18)4-5-11(10)20-13(21)12-3-1-2-6-19-12/h4-5,7,12,19H,1-3,6H2,(H,20,21)/t12-/m0/s1. The molecule has 0 spiro atoms. The van der Waals surface area contributed by atoms with Gasteiger partial charge in [-0.25, -0.2) is 0 Å². The average Bonchev–Trinajstić information content (AvgIpc) is 2.47. The monoisotopic (exact) mass is 297 g/mol. The molecular formula is C14H14F3N3O. The van der Waals surface area contributed by atoms with E-state index in [1.54, 1.807) is 6.07 Å². The van der Waals surface area contributed by atoms with Crippen LogP contribution in [0.2, 0.25) is 0 Å². The fourth-order valence-electron chi connectivity index (χ4n) is 2.25. The highest BCUT2D eigenvalue weighted by Gasteiger charge is 2.35. The van der Waals surface area contributed by atoms with Crippen LogP contribution in [-0.4, -0.2) is 18.5 Å². The number of benzene rings is 1. The molecule has 1 amide bonds. The third-order valence-corrected chi connectivity index (χ3v) is 3.34. The van der Waals surface area contributed by atoms with Crippen LogP contribution in [0.25, 0.3) is 0 Å². The van der Waals surface area contributed by atoms with Gasteiger partial charge >= 0.3 is 6.18 Å². The van der Waals surface area contributed by atoms with Gasteiger partial charge < -0.3 is 10.6 Å². The lowest BCUT2D eigenvalue weighted by molar-refractivity contribution is -0.137. The predicted octanol–water partition coefficient (Wildman–Crippen LogP) is 2.66. The fraction of sp³-hybridized carbons (Fsp3) is 0.429. The Morgan fingerprint density at radius 2 is 2.14 bits per heavy atom. The molecule has 2 N–H and O–H groups in total. The molecular weight excluding hydrogens is 283 g/mol. The number of alkyl halides is 3. The van der Waals surface area contributed by atoms with Crippen LogP contribution >= 0.6 is 0 Å². The van der Waals surface area contributed by atoms with Gasteiger partial charge in [0.25, 0.3) is 0 Å². The molecule has 1 aliphatic rings. The normalized spacial score (nSPS) is 18.9. The summed E-state index contributed by atoms with van der Waals surface area (Å²) in [5.41, 5.74) is -1.43. The van der Waals surface area contributed by atoms with Gasteiger partial charge in [0.1, 0.15) is 0 Å². The summed E-state index contributed by atoms with van der Waals surface area (Å²) in [5.74, 6) is -0.482. The Morgan fingerprint density at radius 3 is 2.71 bits per heavy atom. The van der Waals surface area contributed by atoms with E-state index in [2.05, 4.69) is 10.6 Å². The first-order chi connectivity index (χ1) is 9.91. The molecule has 0 aromatic heterocycles. The largest absolute Gasteiger partial charge is 0.418 e. The number of rotatable bonds is 2.